The molecule has 8 atom stereocenters. The molecule has 0 aromatic heterocycles. The molecule has 0 aliphatic heterocycles. The maximum absolute atomic E-state index is 5.40. The fourth-order valence-electron chi connectivity index (χ4n) is 1.56. The van der Waals surface area contributed by atoms with Crippen LogP contribution in [0.5, 0.6) is 0 Å². The molecule has 0 heterocycles. The minimum atomic E-state index is -0.153. The van der Waals surface area contributed by atoms with Gasteiger partial charge in [-0.15, -0.1) is 0 Å². The Morgan fingerprint density at radius 2 is 1.50 bits per heavy atom. The van der Waals surface area contributed by atoms with Gasteiger partial charge >= 0.3 is 0 Å². The van der Waals surface area contributed by atoms with Gasteiger partial charge in [-0.2, -0.15) is 0 Å². The summed E-state index contributed by atoms with van der Waals surface area (Å²) in [5, 5.41) is 0. The van der Waals surface area contributed by atoms with E-state index in [1.807, 2.05) is 13.8 Å². The van der Waals surface area contributed by atoms with Crippen LogP contribution in [-0.2, 0) is 18.1 Å². The van der Waals surface area contributed by atoms with Crippen LogP contribution in [0.2, 0.25) is 0 Å². The van der Waals surface area contributed by atoms with E-state index >= 15 is 0 Å². The molecule has 5 unspecified atom stereocenters. The molecule has 0 saturated heterocycles. The Kier molecular flexibility index (Phi) is 11.5. The van der Waals surface area contributed by atoms with Gasteiger partial charge in [-0.3, -0.25) is 0 Å². The normalized spacial score (nSPS) is 19.1. The van der Waals surface area contributed by atoms with Crippen LogP contribution in [0.1, 0.15) is 20.3 Å². The van der Waals surface area contributed by atoms with E-state index in [0.717, 1.165) is 6.42 Å². The van der Waals surface area contributed by atoms with Crippen molar-refractivity contribution in [3.63, 3.8) is 0 Å². The summed E-state index contributed by atoms with van der Waals surface area (Å²) in [5.74, 6) is 0.203. The van der Waals surface area contributed by atoms with E-state index in [2.05, 4.69) is 37.9 Å². The van der Waals surface area contributed by atoms with Crippen molar-refractivity contribution in [3.8, 4) is 0 Å². The zero-order valence-electron chi connectivity index (χ0n) is 9.67. The Balaban J connectivity index is 4.59. The molecular formula is C8H22O4P4. The molecule has 98 valence electrons. The maximum atomic E-state index is 5.40. The van der Waals surface area contributed by atoms with E-state index in [9.17, 15) is 0 Å². The van der Waals surface area contributed by atoms with Crippen molar-refractivity contribution in [1.82, 2.24) is 0 Å². The van der Waals surface area contributed by atoms with Crippen molar-refractivity contribution in [2.45, 2.75) is 38.6 Å². The fourth-order valence-corrected chi connectivity index (χ4v) is 2.97. The SMILES string of the molecule is CC[C@H](OP)[C@@H](OP)C(OP)[C@H](C)COP. The Bertz CT molecular complexity index is 170. The van der Waals surface area contributed by atoms with Crippen molar-refractivity contribution < 1.29 is 18.1 Å². The van der Waals surface area contributed by atoms with Gasteiger partial charge in [-0.05, 0) is 6.42 Å². The first kappa shape index (κ1) is 17.6. The highest BCUT2D eigenvalue weighted by atomic mass is 31.0. The minimum absolute atomic E-state index is 0.0278. The van der Waals surface area contributed by atoms with Crippen LogP contribution in [0.4, 0.5) is 0 Å². The van der Waals surface area contributed by atoms with E-state index in [1.54, 1.807) is 0 Å². The zero-order chi connectivity index (χ0) is 12.6. The second-order valence-electron chi connectivity index (χ2n) is 3.59. The fraction of sp³-hybridized carbons (Fsp3) is 1.00. The van der Waals surface area contributed by atoms with Gasteiger partial charge in [0.05, 0.1) is 18.8 Å². The van der Waals surface area contributed by atoms with E-state index in [-0.39, 0.29) is 24.2 Å². The molecule has 0 rings (SSSR count). The van der Waals surface area contributed by atoms with Crippen LogP contribution < -0.4 is 0 Å². The van der Waals surface area contributed by atoms with E-state index in [1.165, 1.54) is 0 Å². The lowest BCUT2D eigenvalue weighted by atomic mass is 9.96. The summed E-state index contributed by atoms with van der Waals surface area (Å²) in [4.78, 5) is 0. The van der Waals surface area contributed by atoms with Crippen LogP contribution in [0, 0.1) is 5.92 Å². The summed E-state index contributed by atoms with van der Waals surface area (Å²) in [6.45, 7) is 4.68. The number of hydrogen-bond donors (Lipinski definition) is 0. The average molecular weight is 306 g/mol. The quantitative estimate of drug-likeness (QED) is 0.613. The molecule has 0 bridgehead atoms. The lowest BCUT2D eigenvalue weighted by Crippen LogP contribution is -2.43. The highest BCUT2D eigenvalue weighted by Gasteiger charge is 2.33. The molecule has 0 aliphatic carbocycles. The molecule has 4 nitrogen and oxygen atoms in total. The van der Waals surface area contributed by atoms with Gasteiger partial charge in [-0.1, -0.05) is 13.8 Å². The van der Waals surface area contributed by atoms with Crippen LogP contribution in [0.15, 0.2) is 0 Å². The standard InChI is InChI=1S/C8H22O4P4/c1-3-6(10-14)8(12-16)7(11-15)5(2)4-9-13/h5-8H,3-4,13-16H2,1-2H3/t5-,6+,7?,8-/m1/s1. The van der Waals surface area contributed by atoms with Gasteiger partial charge < -0.3 is 18.1 Å². The number of hydrogen-bond acceptors (Lipinski definition) is 4. The summed E-state index contributed by atoms with van der Waals surface area (Å²) in [6, 6.07) is 0. The van der Waals surface area contributed by atoms with E-state index in [4.69, 9.17) is 18.1 Å². The zero-order valence-corrected chi connectivity index (χ0v) is 14.3. The molecule has 0 aromatic rings. The molecule has 0 aromatic carbocycles. The monoisotopic (exact) mass is 306 g/mol. The predicted octanol–water partition coefficient (Wildman–Crippen LogP) is 2.37. The third kappa shape index (κ3) is 5.47. The molecular weight excluding hydrogens is 284 g/mol. The molecule has 8 heteroatoms. The van der Waals surface area contributed by atoms with Gasteiger partial charge in [0.15, 0.2) is 0 Å². The summed E-state index contributed by atoms with van der Waals surface area (Å²) in [7, 11) is 9.07. The molecule has 0 fully saturated rings. The lowest BCUT2D eigenvalue weighted by Gasteiger charge is -2.33. The number of rotatable bonds is 9. The van der Waals surface area contributed by atoms with Crippen LogP contribution in [0.25, 0.3) is 0 Å². The Morgan fingerprint density at radius 1 is 0.938 bits per heavy atom. The van der Waals surface area contributed by atoms with Crippen molar-refractivity contribution in [3.05, 3.63) is 0 Å². The lowest BCUT2D eigenvalue weighted by molar-refractivity contribution is -0.0290. The van der Waals surface area contributed by atoms with Crippen LogP contribution in [-0.4, -0.2) is 24.9 Å². The smallest absolute Gasteiger partial charge is 0.114 e. The molecule has 0 N–H and O–H groups in total. The van der Waals surface area contributed by atoms with Crippen LogP contribution >= 0.6 is 37.9 Å². The molecule has 0 saturated carbocycles. The second-order valence-corrected chi connectivity index (χ2v) is 4.74. The predicted molar refractivity (Wildman–Crippen MR) is 78.9 cm³/mol. The average Bonchev–Trinajstić information content (AvgIpc) is 2.29. The largest absolute Gasteiger partial charge is 0.365 e. The third-order valence-corrected chi connectivity index (χ3v) is 3.67. The first-order valence-corrected chi connectivity index (χ1v) is 6.93. The Hall–Kier alpha value is 1.56. The van der Waals surface area contributed by atoms with Crippen molar-refractivity contribution in [2.24, 2.45) is 5.92 Å². The van der Waals surface area contributed by atoms with Crippen molar-refractivity contribution >= 4 is 37.9 Å². The topological polar surface area (TPSA) is 36.9 Å². The first-order chi connectivity index (χ1) is 7.65. The van der Waals surface area contributed by atoms with E-state index in [0.29, 0.717) is 6.61 Å². The summed E-state index contributed by atoms with van der Waals surface area (Å²) < 4.78 is 21.1. The molecule has 0 spiro atoms. The molecule has 0 amide bonds. The second kappa shape index (κ2) is 10.5. The Labute approximate surface area is 107 Å². The molecule has 0 aliphatic rings. The minimum Gasteiger partial charge on any atom is -0.365 e. The van der Waals surface area contributed by atoms with Gasteiger partial charge in [0, 0.05) is 43.8 Å². The van der Waals surface area contributed by atoms with Crippen molar-refractivity contribution in [1.29, 1.82) is 0 Å². The van der Waals surface area contributed by atoms with E-state index < -0.39 is 0 Å². The highest BCUT2D eigenvalue weighted by Crippen LogP contribution is 2.26. The van der Waals surface area contributed by atoms with Gasteiger partial charge in [0.2, 0.25) is 0 Å². The molecule has 0 radical (unpaired) electrons. The molecule has 16 heavy (non-hydrogen) atoms. The summed E-state index contributed by atoms with van der Waals surface area (Å²) >= 11 is 0. The maximum Gasteiger partial charge on any atom is 0.114 e. The van der Waals surface area contributed by atoms with Crippen LogP contribution in [0.3, 0.4) is 0 Å². The third-order valence-electron chi connectivity index (χ3n) is 2.50. The van der Waals surface area contributed by atoms with Gasteiger partial charge in [-0.25, -0.2) is 0 Å². The first-order valence-electron chi connectivity index (χ1n) is 5.04. The Morgan fingerprint density at radius 3 is 1.81 bits per heavy atom. The van der Waals surface area contributed by atoms with Gasteiger partial charge in [0.1, 0.15) is 6.10 Å². The highest BCUT2D eigenvalue weighted by molar-refractivity contribution is 7.10. The summed E-state index contributed by atoms with van der Waals surface area (Å²) in [5.41, 5.74) is 0. The van der Waals surface area contributed by atoms with Crippen molar-refractivity contribution in [2.75, 3.05) is 6.61 Å². The van der Waals surface area contributed by atoms with Gasteiger partial charge in [0.25, 0.3) is 0 Å². The summed E-state index contributed by atoms with van der Waals surface area (Å²) in [6.07, 6.45) is 0.565.